The van der Waals surface area contributed by atoms with Crippen molar-refractivity contribution in [1.82, 2.24) is 9.62 Å². The van der Waals surface area contributed by atoms with Crippen molar-refractivity contribution in [1.29, 1.82) is 0 Å². The first-order valence-corrected chi connectivity index (χ1v) is 12.9. The molecule has 0 saturated carbocycles. The van der Waals surface area contributed by atoms with Crippen molar-refractivity contribution < 1.29 is 13.2 Å². The Labute approximate surface area is 195 Å². The summed E-state index contributed by atoms with van der Waals surface area (Å²) in [6, 6.07) is 27.4. The molecular formula is C27H28N2O3S. The van der Waals surface area contributed by atoms with Crippen LogP contribution in [0.5, 0.6) is 5.75 Å². The van der Waals surface area contributed by atoms with Gasteiger partial charge in [0.15, 0.2) is 0 Å². The van der Waals surface area contributed by atoms with Gasteiger partial charge < -0.3 is 4.74 Å². The van der Waals surface area contributed by atoms with Gasteiger partial charge in [-0.15, -0.1) is 0 Å². The first-order chi connectivity index (χ1) is 16.1. The monoisotopic (exact) mass is 460 g/mol. The summed E-state index contributed by atoms with van der Waals surface area (Å²) in [7, 11) is -3.52. The Hall–Kier alpha value is -2.93. The van der Waals surface area contributed by atoms with Gasteiger partial charge in [-0.05, 0) is 53.2 Å². The van der Waals surface area contributed by atoms with E-state index in [0.29, 0.717) is 24.0 Å². The maximum absolute atomic E-state index is 12.8. The average Bonchev–Trinajstić information content (AvgIpc) is 3.30. The van der Waals surface area contributed by atoms with E-state index in [1.807, 2.05) is 54.6 Å². The standard InChI is InChI=1S/C27H28N2O3S/c30-33(31,25-13-12-22-6-1-2-8-24(22)18-25)28-19-21-14-15-29(20-21)16-17-32-27-11-5-9-23-7-3-4-10-26(23)27/h1-13,18,21,28H,14-17,19-20H2. The van der Waals surface area contributed by atoms with Gasteiger partial charge >= 0.3 is 0 Å². The molecule has 33 heavy (non-hydrogen) atoms. The van der Waals surface area contributed by atoms with E-state index in [4.69, 9.17) is 4.74 Å². The molecular weight excluding hydrogens is 432 g/mol. The molecule has 0 amide bonds. The first-order valence-electron chi connectivity index (χ1n) is 11.4. The van der Waals surface area contributed by atoms with Crippen molar-refractivity contribution in [2.45, 2.75) is 11.3 Å². The molecule has 4 aromatic carbocycles. The number of fused-ring (bicyclic) bond motifs is 2. The van der Waals surface area contributed by atoms with E-state index < -0.39 is 10.0 Å². The van der Waals surface area contributed by atoms with Crippen LogP contribution < -0.4 is 9.46 Å². The minimum Gasteiger partial charge on any atom is -0.492 e. The lowest BCUT2D eigenvalue weighted by molar-refractivity contribution is 0.234. The van der Waals surface area contributed by atoms with Crippen LogP contribution in [-0.2, 0) is 10.0 Å². The Morgan fingerprint density at radius 2 is 1.64 bits per heavy atom. The average molecular weight is 461 g/mol. The molecule has 0 aromatic heterocycles. The van der Waals surface area contributed by atoms with Gasteiger partial charge in [-0.25, -0.2) is 13.1 Å². The third-order valence-corrected chi connectivity index (χ3v) is 7.80. The fraction of sp³-hybridized carbons (Fsp3) is 0.259. The van der Waals surface area contributed by atoms with Gasteiger partial charge in [0, 0.05) is 25.0 Å². The highest BCUT2D eigenvalue weighted by atomic mass is 32.2. The van der Waals surface area contributed by atoms with Crippen LogP contribution in [0.2, 0.25) is 0 Å². The van der Waals surface area contributed by atoms with Crippen LogP contribution in [0.1, 0.15) is 6.42 Å². The number of nitrogens with one attached hydrogen (secondary N) is 1. The molecule has 0 spiro atoms. The first kappa shape index (κ1) is 21.9. The van der Waals surface area contributed by atoms with E-state index >= 15 is 0 Å². The molecule has 1 aliphatic heterocycles. The summed E-state index contributed by atoms with van der Waals surface area (Å²) in [6.07, 6.45) is 0.981. The van der Waals surface area contributed by atoms with Gasteiger partial charge in [-0.1, -0.05) is 66.7 Å². The number of benzene rings is 4. The van der Waals surface area contributed by atoms with Gasteiger partial charge in [-0.3, -0.25) is 4.90 Å². The Balaban J connectivity index is 1.12. The lowest BCUT2D eigenvalue weighted by Crippen LogP contribution is -2.32. The molecule has 1 heterocycles. The zero-order valence-corrected chi connectivity index (χ0v) is 19.3. The third-order valence-electron chi connectivity index (χ3n) is 6.38. The van der Waals surface area contributed by atoms with Crippen LogP contribution in [0.25, 0.3) is 21.5 Å². The number of nitrogens with zero attached hydrogens (tertiary/aromatic N) is 1. The fourth-order valence-corrected chi connectivity index (χ4v) is 5.69. The Bertz CT molecular complexity index is 1360. The van der Waals surface area contributed by atoms with E-state index in [0.717, 1.165) is 48.0 Å². The quantitative estimate of drug-likeness (QED) is 0.415. The number of ether oxygens (including phenoxy) is 1. The maximum atomic E-state index is 12.8. The van der Waals surface area contributed by atoms with Crippen LogP contribution in [0.15, 0.2) is 89.8 Å². The Kier molecular flexibility index (Phi) is 6.31. The van der Waals surface area contributed by atoms with Gasteiger partial charge in [0.2, 0.25) is 10.0 Å². The van der Waals surface area contributed by atoms with Crippen molar-refractivity contribution in [2.75, 3.05) is 32.8 Å². The van der Waals surface area contributed by atoms with E-state index in [1.54, 1.807) is 12.1 Å². The highest BCUT2D eigenvalue weighted by molar-refractivity contribution is 7.89. The summed E-state index contributed by atoms with van der Waals surface area (Å²) in [5.74, 6) is 1.21. The second-order valence-electron chi connectivity index (χ2n) is 8.64. The van der Waals surface area contributed by atoms with Crippen molar-refractivity contribution in [3.05, 3.63) is 84.9 Å². The van der Waals surface area contributed by atoms with Crippen molar-refractivity contribution in [3.63, 3.8) is 0 Å². The van der Waals surface area contributed by atoms with Crippen molar-refractivity contribution in [3.8, 4) is 5.75 Å². The fourth-order valence-electron chi connectivity index (χ4n) is 4.53. The Morgan fingerprint density at radius 1 is 0.879 bits per heavy atom. The predicted molar refractivity (Wildman–Crippen MR) is 133 cm³/mol. The highest BCUT2D eigenvalue weighted by Crippen LogP contribution is 2.25. The van der Waals surface area contributed by atoms with Crippen LogP contribution in [0.4, 0.5) is 0 Å². The molecule has 6 heteroatoms. The summed E-state index contributed by atoms with van der Waals surface area (Å²) < 4.78 is 34.5. The summed E-state index contributed by atoms with van der Waals surface area (Å²) in [5.41, 5.74) is 0. The van der Waals surface area contributed by atoms with Gasteiger partial charge in [0.25, 0.3) is 0 Å². The minimum atomic E-state index is -3.52. The molecule has 1 fully saturated rings. The number of hydrogen-bond acceptors (Lipinski definition) is 4. The smallest absolute Gasteiger partial charge is 0.240 e. The highest BCUT2D eigenvalue weighted by Gasteiger charge is 2.24. The molecule has 4 aromatic rings. The summed E-state index contributed by atoms with van der Waals surface area (Å²) in [4.78, 5) is 2.67. The molecule has 1 unspecified atom stereocenters. The maximum Gasteiger partial charge on any atom is 0.240 e. The zero-order valence-electron chi connectivity index (χ0n) is 18.5. The SMILES string of the molecule is O=S(=O)(NCC1CCN(CCOc2cccc3ccccc23)C1)c1ccc2ccccc2c1. The molecule has 0 radical (unpaired) electrons. The molecule has 1 saturated heterocycles. The molecule has 0 aliphatic carbocycles. The third kappa shape index (κ3) is 5.03. The van der Waals surface area contributed by atoms with E-state index in [1.165, 1.54) is 5.39 Å². The number of likely N-dealkylation sites (tertiary alicyclic amines) is 1. The molecule has 1 atom stereocenters. The molecule has 1 N–H and O–H groups in total. The predicted octanol–water partition coefficient (Wildman–Crippen LogP) is 4.67. The topological polar surface area (TPSA) is 58.6 Å². The molecule has 1 aliphatic rings. The molecule has 5 rings (SSSR count). The summed E-state index contributed by atoms with van der Waals surface area (Å²) in [5, 5.41) is 4.27. The largest absolute Gasteiger partial charge is 0.492 e. The van der Waals surface area contributed by atoms with Gasteiger partial charge in [0.05, 0.1) is 4.90 Å². The summed E-state index contributed by atoms with van der Waals surface area (Å²) in [6.45, 7) is 3.73. The van der Waals surface area contributed by atoms with Gasteiger partial charge in [0.1, 0.15) is 12.4 Å². The van der Waals surface area contributed by atoms with Gasteiger partial charge in [-0.2, -0.15) is 0 Å². The van der Waals surface area contributed by atoms with Crippen LogP contribution in [0.3, 0.4) is 0 Å². The van der Waals surface area contributed by atoms with Crippen LogP contribution >= 0.6 is 0 Å². The van der Waals surface area contributed by atoms with Crippen molar-refractivity contribution in [2.24, 2.45) is 5.92 Å². The molecule has 170 valence electrons. The number of sulfonamides is 1. The zero-order chi connectivity index (χ0) is 22.7. The van der Waals surface area contributed by atoms with Crippen LogP contribution in [0, 0.1) is 5.92 Å². The van der Waals surface area contributed by atoms with Crippen molar-refractivity contribution >= 4 is 31.6 Å². The lowest BCUT2D eigenvalue weighted by atomic mass is 10.1. The van der Waals surface area contributed by atoms with E-state index in [2.05, 4.69) is 27.8 Å². The normalized spacial score (nSPS) is 17.0. The molecule has 0 bridgehead atoms. The van der Waals surface area contributed by atoms with E-state index in [9.17, 15) is 8.42 Å². The second kappa shape index (κ2) is 9.51. The second-order valence-corrected chi connectivity index (χ2v) is 10.4. The number of rotatable bonds is 8. The van der Waals surface area contributed by atoms with Crippen LogP contribution in [-0.4, -0.2) is 46.1 Å². The summed E-state index contributed by atoms with van der Waals surface area (Å²) >= 11 is 0. The lowest BCUT2D eigenvalue weighted by Gasteiger charge is -2.17. The number of hydrogen-bond donors (Lipinski definition) is 1. The Morgan fingerprint density at radius 3 is 2.52 bits per heavy atom. The molecule has 5 nitrogen and oxygen atoms in total. The minimum absolute atomic E-state index is 0.304. The van der Waals surface area contributed by atoms with E-state index in [-0.39, 0.29) is 0 Å².